The molecule has 1 aromatic heterocycles. The topological polar surface area (TPSA) is 36.7 Å². The van der Waals surface area contributed by atoms with E-state index in [4.69, 9.17) is 16.9 Å². The minimum absolute atomic E-state index is 0.0952. The van der Waals surface area contributed by atoms with Gasteiger partial charge in [0.15, 0.2) is 5.69 Å². The Balaban J connectivity index is 3.43. The van der Waals surface area contributed by atoms with Gasteiger partial charge in [-0.05, 0) is 22.6 Å². The third kappa shape index (κ3) is 2.06. The SMILES string of the molecule is N#Cc1ncc(I)c(Cl)c1C(F)F. The quantitative estimate of drug-likeness (QED) is 0.747. The molecule has 0 saturated heterocycles. The number of halogens is 4. The first-order chi connectivity index (χ1) is 6.07. The summed E-state index contributed by atoms with van der Waals surface area (Å²) >= 11 is 7.37. The maximum Gasteiger partial charge on any atom is 0.268 e. The zero-order chi connectivity index (χ0) is 10.0. The Morgan fingerprint density at radius 1 is 1.62 bits per heavy atom. The first kappa shape index (κ1) is 10.6. The summed E-state index contributed by atoms with van der Waals surface area (Å²) in [6, 6.07) is 1.57. The lowest BCUT2D eigenvalue weighted by atomic mass is 10.2. The molecule has 0 aliphatic rings. The average Bonchev–Trinajstić information content (AvgIpc) is 2.08. The number of alkyl halides is 2. The van der Waals surface area contributed by atoms with Crippen molar-refractivity contribution in [3.63, 3.8) is 0 Å². The molecule has 0 saturated carbocycles. The molecule has 1 aromatic rings. The molecule has 0 N–H and O–H groups in total. The standard InChI is InChI=1S/C7H2ClF2IN2/c8-6-3(11)2-13-4(1-12)5(6)7(9)10/h2,7H. The maximum atomic E-state index is 12.4. The van der Waals surface area contributed by atoms with Crippen LogP contribution in [-0.2, 0) is 0 Å². The van der Waals surface area contributed by atoms with E-state index in [1.165, 1.54) is 6.20 Å². The van der Waals surface area contributed by atoms with Crippen molar-refractivity contribution in [3.05, 3.63) is 26.0 Å². The Hall–Kier alpha value is -0.480. The molecule has 68 valence electrons. The lowest BCUT2D eigenvalue weighted by Crippen LogP contribution is -1.97. The molecule has 6 heteroatoms. The van der Waals surface area contributed by atoms with Crippen LogP contribution in [0.2, 0.25) is 5.02 Å². The first-order valence-electron chi connectivity index (χ1n) is 3.10. The van der Waals surface area contributed by atoms with Gasteiger partial charge in [-0.2, -0.15) is 5.26 Å². The minimum Gasteiger partial charge on any atom is -0.244 e. The van der Waals surface area contributed by atoms with Gasteiger partial charge < -0.3 is 0 Å². The number of nitriles is 1. The van der Waals surface area contributed by atoms with E-state index in [1.807, 2.05) is 0 Å². The van der Waals surface area contributed by atoms with Gasteiger partial charge in [-0.15, -0.1) is 0 Å². The Labute approximate surface area is 91.7 Å². The van der Waals surface area contributed by atoms with E-state index >= 15 is 0 Å². The lowest BCUT2D eigenvalue weighted by Gasteiger charge is -2.05. The van der Waals surface area contributed by atoms with Crippen LogP contribution in [0.4, 0.5) is 8.78 Å². The van der Waals surface area contributed by atoms with Crippen molar-refractivity contribution in [1.82, 2.24) is 4.98 Å². The summed E-state index contributed by atoms with van der Waals surface area (Å²) in [4.78, 5) is 3.55. The molecular weight excluding hydrogens is 312 g/mol. The largest absolute Gasteiger partial charge is 0.268 e. The zero-order valence-corrected chi connectivity index (χ0v) is 8.97. The summed E-state index contributed by atoms with van der Waals surface area (Å²) in [6.07, 6.45) is -1.49. The molecule has 0 aromatic carbocycles. The highest BCUT2D eigenvalue weighted by Gasteiger charge is 2.20. The zero-order valence-electron chi connectivity index (χ0n) is 6.06. The van der Waals surface area contributed by atoms with Crippen LogP contribution < -0.4 is 0 Å². The van der Waals surface area contributed by atoms with Crippen LogP contribution in [0.3, 0.4) is 0 Å². The molecule has 0 unspecified atom stereocenters. The second kappa shape index (κ2) is 4.15. The number of hydrogen-bond donors (Lipinski definition) is 0. The molecule has 0 bridgehead atoms. The monoisotopic (exact) mass is 314 g/mol. The van der Waals surface area contributed by atoms with Crippen molar-refractivity contribution < 1.29 is 8.78 Å². The first-order valence-corrected chi connectivity index (χ1v) is 4.55. The van der Waals surface area contributed by atoms with Gasteiger partial charge in [0.2, 0.25) is 0 Å². The molecule has 0 aliphatic heterocycles. The highest BCUT2D eigenvalue weighted by Crippen LogP contribution is 2.31. The predicted octanol–water partition coefficient (Wildman–Crippen LogP) is 3.15. The van der Waals surface area contributed by atoms with Crippen molar-refractivity contribution in [2.45, 2.75) is 6.43 Å². The van der Waals surface area contributed by atoms with E-state index < -0.39 is 12.0 Å². The summed E-state index contributed by atoms with van der Waals surface area (Å²) in [5.41, 5.74) is -0.809. The summed E-state index contributed by atoms with van der Waals surface area (Å²) in [5, 5.41) is 8.38. The lowest BCUT2D eigenvalue weighted by molar-refractivity contribution is 0.150. The van der Waals surface area contributed by atoms with Crippen LogP contribution in [0.5, 0.6) is 0 Å². The number of rotatable bonds is 1. The fraction of sp³-hybridized carbons (Fsp3) is 0.143. The van der Waals surface area contributed by atoms with Crippen molar-refractivity contribution in [1.29, 1.82) is 5.26 Å². The molecule has 0 amide bonds. The van der Waals surface area contributed by atoms with Crippen LogP contribution in [0.1, 0.15) is 17.7 Å². The van der Waals surface area contributed by atoms with Gasteiger partial charge in [0.05, 0.1) is 14.2 Å². The van der Waals surface area contributed by atoms with Gasteiger partial charge in [0.25, 0.3) is 6.43 Å². The van der Waals surface area contributed by atoms with Gasteiger partial charge in [0, 0.05) is 6.20 Å². The molecule has 0 atom stereocenters. The van der Waals surface area contributed by atoms with E-state index in [0.717, 1.165) is 0 Å². The third-order valence-electron chi connectivity index (χ3n) is 1.33. The van der Waals surface area contributed by atoms with Crippen molar-refractivity contribution in [2.75, 3.05) is 0 Å². The summed E-state index contributed by atoms with van der Waals surface area (Å²) in [5.74, 6) is 0. The van der Waals surface area contributed by atoms with Crippen LogP contribution >= 0.6 is 34.2 Å². The number of pyridine rings is 1. The molecule has 1 heterocycles. The van der Waals surface area contributed by atoms with Gasteiger partial charge in [-0.1, -0.05) is 11.6 Å². The molecule has 1 rings (SSSR count). The highest BCUT2D eigenvalue weighted by atomic mass is 127. The smallest absolute Gasteiger partial charge is 0.244 e. The Morgan fingerprint density at radius 3 is 2.69 bits per heavy atom. The van der Waals surface area contributed by atoms with Crippen LogP contribution in [0, 0.1) is 14.9 Å². The number of aromatic nitrogens is 1. The summed E-state index contributed by atoms with van der Waals surface area (Å²) < 4.78 is 25.2. The molecule has 0 fully saturated rings. The molecule has 0 aliphatic carbocycles. The molecule has 13 heavy (non-hydrogen) atoms. The van der Waals surface area contributed by atoms with E-state index in [-0.39, 0.29) is 10.7 Å². The molecule has 0 radical (unpaired) electrons. The van der Waals surface area contributed by atoms with Gasteiger partial charge in [0.1, 0.15) is 6.07 Å². The van der Waals surface area contributed by atoms with Crippen LogP contribution in [0.15, 0.2) is 6.20 Å². The van der Waals surface area contributed by atoms with Crippen LogP contribution in [-0.4, -0.2) is 4.98 Å². The van der Waals surface area contributed by atoms with E-state index in [2.05, 4.69) is 4.98 Å². The van der Waals surface area contributed by atoms with Crippen molar-refractivity contribution in [3.8, 4) is 6.07 Å². The number of nitrogens with zero attached hydrogens (tertiary/aromatic N) is 2. The predicted molar refractivity (Wildman–Crippen MR) is 51.6 cm³/mol. The summed E-state index contributed by atoms with van der Waals surface area (Å²) in [6.45, 7) is 0. The molecular formula is C7H2ClF2IN2. The Kier molecular flexibility index (Phi) is 3.39. The van der Waals surface area contributed by atoms with Crippen molar-refractivity contribution >= 4 is 34.2 Å². The Bertz CT molecular complexity index is 375. The average molecular weight is 314 g/mol. The fourth-order valence-electron chi connectivity index (χ4n) is 0.768. The van der Waals surface area contributed by atoms with Gasteiger partial charge in [-0.25, -0.2) is 13.8 Å². The molecule has 2 nitrogen and oxygen atoms in total. The second-order valence-corrected chi connectivity index (χ2v) is 3.64. The van der Waals surface area contributed by atoms with E-state index in [9.17, 15) is 8.78 Å². The third-order valence-corrected chi connectivity index (χ3v) is 2.88. The normalized spacial score (nSPS) is 10.2. The number of hydrogen-bond acceptors (Lipinski definition) is 2. The summed E-state index contributed by atoms with van der Waals surface area (Å²) in [7, 11) is 0. The van der Waals surface area contributed by atoms with Gasteiger partial charge in [-0.3, -0.25) is 0 Å². The minimum atomic E-state index is -2.77. The van der Waals surface area contributed by atoms with Gasteiger partial charge >= 0.3 is 0 Å². The molecule has 0 spiro atoms. The second-order valence-electron chi connectivity index (χ2n) is 2.09. The van der Waals surface area contributed by atoms with Crippen molar-refractivity contribution in [2.24, 2.45) is 0 Å². The fourth-order valence-corrected chi connectivity index (χ4v) is 1.42. The highest BCUT2D eigenvalue weighted by molar-refractivity contribution is 14.1. The van der Waals surface area contributed by atoms with E-state index in [0.29, 0.717) is 3.57 Å². The van der Waals surface area contributed by atoms with Crippen LogP contribution in [0.25, 0.3) is 0 Å². The Morgan fingerprint density at radius 2 is 2.23 bits per heavy atom. The maximum absolute atomic E-state index is 12.4. The van der Waals surface area contributed by atoms with E-state index in [1.54, 1.807) is 28.7 Å².